The number of fused-ring (bicyclic) bond motifs is 1. The standard InChI is InChI=1S/C26H34N4O3S/c1-6-33-26(32)22-17(4)21-24(31)27-23(28-25(21)34-22)18(5)30-13-11-29(12-14-30)15-19-7-9-20(10-8-19)16(2)3/h7-10,16,18H,6,11-15H2,1-5H3,(H,27,28,31). The Bertz CT molecular complexity index is 1210. The molecule has 1 saturated heterocycles. The van der Waals surface area contributed by atoms with E-state index in [1.54, 1.807) is 13.8 Å². The van der Waals surface area contributed by atoms with Crippen molar-refractivity contribution in [1.82, 2.24) is 19.8 Å². The minimum atomic E-state index is -0.396. The summed E-state index contributed by atoms with van der Waals surface area (Å²) in [5.41, 5.74) is 3.16. The van der Waals surface area contributed by atoms with Gasteiger partial charge in [-0.3, -0.25) is 14.6 Å². The number of hydrogen-bond acceptors (Lipinski definition) is 7. The van der Waals surface area contributed by atoms with Crippen molar-refractivity contribution in [3.63, 3.8) is 0 Å². The third-order valence-corrected chi connectivity index (χ3v) is 7.85. The van der Waals surface area contributed by atoms with Gasteiger partial charge in [0.15, 0.2) is 0 Å². The maximum absolute atomic E-state index is 12.9. The van der Waals surface area contributed by atoms with Gasteiger partial charge in [0.2, 0.25) is 0 Å². The molecule has 1 aliphatic heterocycles. The molecule has 182 valence electrons. The highest BCUT2D eigenvalue weighted by atomic mass is 32.1. The maximum atomic E-state index is 12.9. The molecule has 1 N–H and O–H groups in total. The minimum absolute atomic E-state index is 0.0157. The normalized spacial score (nSPS) is 16.3. The summed E-state index contributed by atoms with van der Waals surface area (Å²) < 4.78 is 5.14. The molecule has 0 radical (unpaired) electrons. The lowest BCUT2D eigenvalue weighted by Crippen LogP contribution is -2.47. The van der Waals surface area contributed by atoms with Gasteiger partial charge in [-0.25, -0.2) is 9.78 Å². The van der Waals surface area contributed by atoms with Crippen LogP contribution in [0, 0.1) is 6.92 Å². The molecule has 7 nitrogen and oxygen atoms in total. The van der Waals surface area contributed by atoms with Crippen molar-refractivity contribution in [2.45, 2.75) is 53.1 Å². The number of rotatable bonds is 7. The van der Waals surface area contributed by atoms with Gasteiger partial charge < -0.3 is 9.72 Å². The smallest absolute Gasteiger partial charge is 0.348 e. The average Bonchev–Trinajstić information content (AvgIpc) is 3.16. The Labute approximate surface area is 204 Å². The molecule has 1 unspecified atom stereocenters. The van der Waals surface area contributed by atoms with Crippen LogP contribution in [0.5, 0.6) is 0 Å². The molecule has 0 bridgehead atoms. The number of esters is 1. The van der Waals surface area contributed by atoms with Crippen molar-refractivity contribution in [2.75, 3.05) is 32.8 Å². The van der Waals surface area contributed by atoms with E-state index in [0.717, 1.165) is 32.7 Å². The molecule has 2 aromatic heterocycles. The summed E-state index contributed by atoms with van der Waals surface area (Å²) in [5.74, 6) is 0.798. The molecule has 8 heteroatoms. The number of benzene rings is 1. The summed E-state index contributed by atoms with van der Waals surface area (Å²) in [4.78, 5) is 38.7. The monoisotopic (exact) mass is 482 g/mol. The Morgan fingerprint density at radius 1 is 1.15 bits per heavy atom. The zero-order valence-electron chi connectivity index (χ0n) is 20.7. The lowest BCUT2D eigenvalue weighted by atomic mass is 10.0. The van der Waals surface area contributed by atoms with Crippen LogP contribution in [0.4, 0.5) is 0 Å². The summed E-state index contributed by atoms with van der Waals surface area (Å²) in [6.45, 7) is 15.1. The van der Waals surface area contributed by atoms with Crippen LogP contribution in [0.25, 0.3) is 10.2 Å². The van der Waals surface area contributed by atoms with Gasteiger partial charge in [0.05, 0.1) is 18.0 Å². The van der Waals surface area contributed by atoms with E-state index in [9.17, 15) is 9.59 Å². The molecule has 34 heavy (non-hydrogen) atoms. The predicted molar refractivity (Wildman–Crippen MR) is 137 cm³/mol. The zero-order valence-corrected chi connectivity index (χ0v) is 21.5. The van der Waals surface area contributed by atoms with E-state index in [2.05, 4.69) is 59.8 Å². The molecule has 0 spiro atoms. The molecule has 0 aliphatic carbocycles. The number of thiophene rings is 1. The summed E-state index contributed by atoms with van der Waals surface area (Å²) in [6, 6.07) is 8.92. The molecule has 1 fully saturated rings. The van der Waals surface area contributed by atoms with Crippen LogP contribution in [0.3, 0.4) is 0 Å². The third kappa shape index (κ3) is 5.09. The molecule has 1 aromatic carbocycles. The number of hydrogen-bond donors (Lipinski definition) is 1. The second kappa shape index (κ2) is 10.4. The van der Waals surface area contributed by atoms with Gasteiger partial charge in [-0.15, -0.1) is 11.3 Å². The first-order chi connectivity index (χ1) is 16.3. The molecule has 3 heterocycles. The van der Waals surface area contributed by atoms with E-state index in [-0.39, 0.29) is 11.6 Å². The number of aromatic amines is 1. The summed E-state index contributed by atoms with van der Waals surface area (Å²) >= 11 is 1.24. The quantitative estimate of drug-likeness (QED) is 0.501. The number of ether oxygens (including phenoxy) is 1. The van der Waals surface area contributed by atoms with E-state index in [0.29, 0.717) is 39.0 Å². The highest BCUT2D eigenvalue weighted by molar-refractivity contribution is 7.20. The van der Waals surface area contributed by atoms with Gasteiger partial charge in [0.1, 0.15) is 15.5 Å². The lowest BCUT2D eigenvalue weighted by Gasteiger charge is -2.37. The van der Waals surface area contributed by atoms with Crippen molar-refractivity contribution in [3.8, 4) is 0 Å². The van der Waals surface area contributed by atoms with Crippen molar-refractivity contribution in [3.05, 3.63) is 62.0 Å². The summed E-state index contributed by atoms with van der Waals surface area (Å²) in [6.07, 6.45) is 0. The summed E-state index contributed by atoms with van der Waals surface area (Å²) in [7, 11) is 0. The molecule has 0 amide bonds. The largest absolute Gasteiger partial charge is 0.462 e. The number of nitrogens with one attached hydrogen (secondary N) is 1. The average molecular weight is 483 g/mol. The predicted octanol–water partition coefficient (Wildman–Crippen LogP) is 4.47. The zero-order chi connectivity index (χ0) is 24.4. The Kier molecular flexibility index (Phi) is 7.50. The maximum Gasteiger partial charge on any atom is 0.348 e. The van der Waals surface area contributed by atoms with E-state index in [4.69, 9.17) is 9.72 Å². The third-order valence-electron chi connectivity index (χ3n) is 6.68. The SMILES string of the molecule is CCOC(=O)c1sc2nc(C(C)N3CCN(Cc4ccc(C(C)C)cc4)CC3)[nH]c(=O)c2c1C. The number of nitrogens with zero attached hydrogens (tertiary/aromatic N) is 3. The molecule has 1 aliphatic rings. The Morgan fingerprint density at radius 3 is 2.44 bits per heavy atom. The molecule has 4 rings (SSSR count). The van der Waals surface area contributed by atoms with Crippen molar-refractivity contribution in [1.29, 1.82) is 0 Å². The number of aromatic nitrogens is 2. The van der Waals surface area contributed by atoms with Crippen LogP contribution >= 0.6 is 11.3 Å². The molecule has 0 saturated carbocycles. The molecule has 3 aromatic rings. The van der Waals surface area contributed by atoms with Crippen LogP contribution in [0.15, 0.2) is 29.1 Å². The lowest BCUT2D eigenvalue weighted by molar-refractivity contribution is 0.0531. The van der Waals surface area contributed by atoms with Gasteiger partial charge in [0, 0.05) is 32.7 Å². The van der Waals surface area contributed by atoms with E-state index >= 15 is 0 Å². The highest BCUT2D eigenvalue weighted by Crippen LogP contribution is 2.29. The van der Waals surface area contributed by atoms with Crippen LogP contribution in [0.1, 0.15) is 71.8 Å². The van der Waals surface area contributed by atoms with Crippen molar-refractivity contribution < 1.29 is 9.53 Å². The molecule has 1 atom stereocenters. The Morgan fingerprint density at radius 2 is 1.82 bits per heavy atom. The summed E-state index contributed by atoms with van der Waals surface area (Å²) in [5, 5.41) is 0.484. The Balaban J connectivity index is 1.43. The van der Waals surface area contributed by atoms with Gasteiger partial charge >= 0.3 is 5.97 Å². The van der Waals surface area contributed by atoms with E-state index in [1.807, 2.05) is 0 Å². The first-order valence-corrected chi connectivity index (χ1v) is 12.9. The minimum Gasteiger partial charge on any atom is -0.462 e. The van der Waals surface area contributed by atoms with Crippen molar-refractivity contribution in [2.24, 2.45) is 0 Å². The first-order valence-electron chi connectivity index (χ1n) is 12.0. The number of aryl methyl sites for hydroxylation is 1. The Hall–Kier alpha value is -2.55. The fraction of sp³-hybridized carbons (Fsp3) is 0.500. The van der Waals surface area contributed by atoms with Crippen LogP contribution in [0.2, 0.25) is 0 Å². The van der Waals surface area contributed by atoms with Crippen LogP contribution < -0.4 is 5.56 Å². The van der Waals surface area contributed by atoms with Gasteiger partial charge in [-0.05, 0) is 43.4 Å². The highest BCUT2D eigenvalue weighted by Gasteiger charge is 2.26. The molecular weight excluding hydrogens is 448 g/mol. The van der Waals surface area contributed by atoms with Gasteiger partial charge in [-0.2, -0.15) is 0 Å². The van der Waals surface area contributed by atoms with Crippen LogP contribution in [-0.4, -0.2) is 58.5 Å². The van der Waals surface area contributed by atoms with Gasteiger partial charge in [-0.1, -0.05) is 38.1 Å². The number of piperazine rings is 1. The fourth-order valence-corrected chi connectivity index (χ4v) is 5.58. The number of carbonyl (C=O) groups excluding carboxylic acids is 1. The van der Waals surface area contributed by atoms with Gasteiger partial charge in [0.25, 0.3) is 5.56 Å². The number of carbonyl (C=O) groups is 1. The second-order valence-electron chi connectivity index (χ2n) is 9.29. The molecular formula is C26H34N4O3S. The van der Waals surface area contributed by atoms with E-state index < -0.39 is 5.97 Å². The topological polar surface area (TPSA) is 78.5 Å². The fourth-order valence-electron chi connectivity index (χ4n) is 4.50. The van der Waals surface area contributed by atoms with Crippen LogP contribution in [-0.2, 0) is 11.3 Å². The van der Waals surface area contributed by atoms with E-state index in [1.165, 1.54) is 22.5 Å². The van der Waals surface area contributed by atoms with Crippen molar-refractivity contribution >= 4 is 27.5 Å². The number of H-pyrrole nitrogens is 1. The second-order valence-corrected chi connectivity index (χ2v) is 10.3. The first kappa shape index (κ1) is 24.6.